The Morgan fingerprint density at radius 2 is 2.00 bits per heavy atom. The quantitative estimate of drug-likeness (QED) is 0.649. The van der Waals surface area contributed by atoms with Crippen molar-refractivity contribution in [3.8, 4) is 17.1 Å². The molecule has 0 unspecified atom stereocenters. The SMILES string of the molecule is COc1ccc(-c2nc(C(=O)O)c3cc(I)ccc3n2)cc1F. The highest BCUT2D eigenvalue weighted by atomic mass is 127. The van der Waals surface area contributed by atoms with Crippen LogP contribution >= 0.6 is 22.6 Å². The van der Waals surface area contributed by atoms with E-state index >= 15 is 0 Å². The number of ether oxygens (including phenoxy) is 1. The molecule has 3 rings (SSSR count). The number of hydrogen-bond acceptors (Lipinski definition) is 4. The van der Waals surface area contributed by atoms with Crippen LogP contribution in [-0.4, -0.2) is 28.2 Å². The molecule has 1 heterocycles. The molecule has 0 aliphatic heterocycles. The Hall–Kier alpha value is -2.29. The minimum atomic E-state index is -1.16. The summed E-state index contributed by atoms with van der Waals surface area (Å²) < 4.78 is 19.6. The molecular weight excluding hydrogens is 414 g/mol. The Labute approximate surface area is 144 Å². The van der Waals surface area contributed by atoms with Crippen LogP contribution in [0.4, 0.5) is 4.39 Å². The normalized spacial score (nSPS) is 10.7. The third-order valence-corrected chi connectivity index (χ3v) is 3.94. The second kappa shape index (κ2) is 6.07. The number of benzene rings is 2. The molecule has 0 atom stereocenters. The summed E-state index contributed by atoms with van der Waals surface area (Å²) in [5, 5.41) is 9.84. The summed E-state index contributed by atoms with van der Waals surface area (Å²) in [7, 11) is 1.37. The number of nitrogens with zero attached hydrogens (tertiary/aromatic N) is 2. The molecule has 116 valence electrons. The summed E-state index contributed by atoms with van der Waals surface area (Å²) in [6.07, 6.45) is 0. The van der Waals surface area contributed by atoms with E-state index in [-0.39, 0.29) is 17.3 Å². The van der Waals surface area contributed by atoms with Crippen LogP contribution in [-0.2, 0) is 0 Å². The number of carboxylic acid groups (broad SMARTS) is 1. The van der Waals surface area contributed by atoms with Gasteiger partial charge in [0.05, 0.1) is 12.6 Å². The van der Waals surface area contributed by atoms with Crippen molar-refractivity contribution < 1.29 is 19.0 Å². The lowest BCUT2D eigenvalue weighted by Gasteiger charge is -2.08. The first-order chi connectivity index (χ1) is 11.0. The van der Waals surface area contributed by atoms with Gasteiger partial charge in [-0.15, -0.1) is 0 Å². The lowest BCUT2D eigenvalue weighted by Crippen LogP contribution is -2.05. The Morgan fingerprint density at radius 1 is 1.22 bits per heavy atom. The first kappa shape index (κ1) is 15.6. The van der Waals surface area contributed by atoms with Gasteiger partial charge in [-0.25, -0.2) is 19.2 Å². The molecule has 7 heteroatoms. The Bertz CT molecular complexity index is 931. The number of fused-ring (bicyclic) bond motifs is 1. The van der Waals surface area contributed by atoms with Crippen molar-refractivity contribution in [2.24, 2.45) is 0 Å². The largest absolute Gasteiger partial charge is 0.494 e. The molecule has 0 saturated carbocycles. The lowest BCUT2D eigenvalue weighted by molar-refractivity contribution is 0.0693. The van der Waals surface area contributed by atoms with E-state index in [0.717, 1.165) is 3.57 Å². The minimum Gasteiger partial charge on any atom is -0.494 e. The maximum Gasteiger partial charge on any atom is 0.355 e. The third kappa shape index (κ3) is 2.96. The number of halogens is 2. The number of methoxy groups -OCH3 is 1. The van der Waals surface area contributed by atoms with Gasteiger partial charge in [-0.1, -0.05) is 0 Å². The number of rotatable bonds is 3. The zero-order valence-electron chi connectivity index (χ0n) is 11.9. The van der Waals surface area contributed by atoms with Crippen molar-refractivity contribution in [1.29, 1.82) is 0 Å². The second-order valence-electron chi connectivity index (χ2n) is 4.71. The van der Waals surface area contributed by atoms with Gasteiger partial charge in [-0.3, -0.25) is 0 Å². The van der Waals surface area contributed by atoms with Crippen LogP contribution in [0.15, 0.2) is 36.4 Å². The molecule has 0 radical (unpaired) electrons. The maximum atomic E-state index is 13.9. The van der Waals surface area contributed by atoms with E-state index in [1.807, 2.05) is 6.07 Å². The molecule has 5 nitrogen and oxygen atoms in total. The molecule has 2 aromatic carbocycles. The van der Waals surface area contributed by atoms with Crippen LogP contribution in [0, 0.1) is 9.39 Å². The molecule has 23 heavy (non-hydrogen) atoms. The fourth-order valence-corrected chi connectivity index (χ4v) is 2.69. The molecule has 1 aromatic heterocycles. The van der Waals surface area contributed by atoms with Crippen molar-refractivity contribution in [3.05, 3.63) is 51.5 Å². The molecular formula is C16H10FIN2O3. The molecule has 0 spiro atoms. The van der Waals surface area contributed by atoms with Gasteiger partial charge < -0.3 is 9.84 Å². The van der Waals surface area contributed by atoms with Crippen molar-refractivity contribution in [1.82, 2.24) is 9.97 Å². The molecule has 1 N–H and O–H groups in total. The van der Waals surface area contributed by atoms with Gasteiger partial charge in [-0.2, -0.15) is 0 Å². The van der Waals surface area contributed by atoms with Gasteiger partial charge in [0.15, 0.2) is 23.1 Å². The predicted octanol–water partition coefficient (Wildman–Crippen LogP) is 3.75. The molecule has 3 aromatic rings. The Balaban J connectivity index is 2.24. The topological polar surface area (TPSA) is 72.3 Å². The van der Waals surface area contributed by atoms with Crippen molar-refractivity contribution in [2.45, 2.75) is 0 Å². The smallest absolute Gasteiger partial charge is 0.355 e. The second-order valence-corrected chi connectivity index (χ2v) is 5.96. The van der Waals surface area contributed by atoms with Crippen LogP contribution in [0.5, 0.6) is 5.75 Å². The standard InChI is InChI=1S/C16H10FIN2O3/c1-23-13-5-2-8(6-11(13)17)15-19-12-4-3-9(18)7-10(12)14(20-15)16(21)22/h2-7H,1H3,(H,21,22). The van der Waals surface area contributed by atoms with Crippen LogP contribution in [0.1, 0.15) is 10.5 Å². The van der Waals surface area contributed by atoms with Crippen molar-refractivity contribution in [2.75, 3.05) is 7.11 Å². The lowest BCUT2D eigenvalue weighted by atomic mass is 10.1. The monoisotopic (exact) mass is 424 g/mol. The van der Waals surface area contributed by atoms with Gasteiger partial charge in [0.2, 0.25) is 0 Å². The summed E-state index contributed by atoms with van der Waals surface area (Å²) in [6, 6.07) is 9.50. The van der Waals surface area contributed by atoms with Crippen LogP contribution in [0.3, 0.4) is 0 Å². The summed E-state index contributed by atoms with van der Waals surface area (Å²) in [5.41, 5.74) is 0.759. The highest BCUT2D eigenvalue weighted by Gasteiger charge is 2.16. The van der Waals surface area contributed by atoms with Crippen molar-refractivity contribution in [3.63, 3.8) is 0 Å². The molecule has 0 aliphatic carbocycles. The highest BCUT2D eigenvalue weighted by molar-refractivity contribution is 14.1. The predicted molar refractivity (Wildman–Crippen MR) is 91.2 cm³/mol. The molecule has 0 amide bonds. The van der Waals surface area contributed by atoms with E-state index < -0.39 is 11.8 Å². The van der Waals surface area contributed by atoms with Crippen molar-refractivity contribution >= 4 is 39.5 Å². The number of aromatic nitrogens is 2. The first-order valence-electron chi connectivity index (χ1n) is 6.54. The summed E-state index contributed by atoms with van der Waals surface area (Å²) in [4.78, 5) is 19.9. The fraction of sp³-hybridized carbons (Fsp3) is 0.0625. The zero-order chi connectivity index (χ0) is 16.6. The van der Waals surface area contributed by atoms with Gasteiger partial charge in [0, 0.05) is 14.5 Å². The van der Waals surface area contributed by atoms with Gasteiger partial charge in [-0.05, 0) is 59.0 Å². The van der Waals surface area contributed by atoms with E-state index in [4.69, 9.17) is 4.74 Å². The Kier molecular flexibility index (Phi) is 4.12. The first-order valence-corrected chi connectivity index (χ1v) is 7.62. The summed E-state index contributed by atoms with van der Waals surface area (Å²) in [5.74, 6) is -1.47. The Morgan fingerprint density at radius 3 is 2.65 bits per heavy atom. The van der Waals surface area contributed by atoms with Gasteiger partial charge in [0.25, 0.3) is 0 Å². The molecule has 0 saturated heterocycles. The zero-order valence-corrected chi connectivity index (χ0v) is 14.0. The minimum absolute atomic E-state index is 0.0996. The highest BCUT2D eigenvalue weighted by Crippen LogP contribution is 2.26. The van der Waals surface area contributed by atoms with Crippen LogP contribution in [0.2, 0.25) is 0 Å². The van der Waals surface area contributed by atoms with E-state index in [9.17, 15) is 14.3 Å². The van der Waals surface area contributed by atoms with E-state index in [2.05, 4.69) is 32.6 Å². The number of hydrogen-bond donors (Lipinski definition) is 1. The number of carbonyl (C=O) groups is 1. The average Bonchev–Trinajstić information content (AvgIpc) is 2.53. The van der Waals surface area contributed by atoms with E-state index in [0.29, 0.717) is 16.5 Å². The third-order valence-electron chi connectivity index (χ3n) is 3.27. The van der Waals surface area contributed by atoms with E-state index in [1.165, 1.54) is 19.2 Å². The van der Waals surface area contributed by atoms with Crippen LogP contribution in [0.25, 0.3) is 22.3 Å². The summed E-state index contributed by atoms with van der Waals surface area (Å²) >= 11 is 2.09. The van der Waals surface area contributed by atoms with E-state index in [1.54, 1.807) is 18.2 Å². The average molecular weight is 424 g/mol. The molecule has 0 aliphatic rings. The number of carboxylic acids is 1. The molecule has 0 bridgehead atoms. The molecule has 0 fully saturated rings. The number of aromatic carboxylic acids is 1. The fourth-order valence-electron chi connectivity index (χ4n) is 2.20. The summed E-state index contributed by atoms with van der Waals surface area (Å²) in [6.45, 7) is 0. The van der Waals surface area contributed by atoms with Gasteiger partial charge >= 0.3 is 5.97 Å². The van der Waals surface area contributed by atoms with Gasteiger partial charge in [0.1, 0.15) is 0 Å². The van der Waals surface area contributed by atoms with Crippen LogP contribution < -0.4 is 4.74 Å². The maximum absolute atomic E-state index is 13.9.